The first-order valence-corrected chi connectivity index (χ1v) is 7.82. The lowest BCUT2D eigenvalue weighted by molar-refractivity contribution is -0.129. The summed E-state index contributed by atoms with van der Waals surface area (Å²) < 4.78 is 11.0. The summed E-state index contributed by atoms with van der Waals surface area (Å²) in [6.07, 6.45) is 0.383. The fraction of sp³-hybridized carbons (Fsp3) is 0.316. The van der Waals surface area contributed by atoms with Crippen LogP contribution in [0.3, 0.4) is 0 Å². The van der Waals surface area contributed by atoms with E-state index in [1.165, 1.54) is 0 Å². The van der Waals surface area contributed by atoms with Crippen molar-refractivity contribution >= 4 is 5.91 Å². The molecule has 0 fully saturated rings. The van der Waals surface area contributed by atoms with Crippen LogP contribution in [0.1, 0.15) is 12.5 Å². The number of carbonyl (C=O) groups excluding carboxylic acids is 1. The van der Waals surface area contributed by atoms with Gasteiger partial charge in [-0.2, -0.15) is 0 Å². The molecule has 0 aliphatic rings. The number of ether oxygens (including phenoxy) is 2. The van der Waals surface area contributed by atoms with Gasteiger partial charge in [0, 0.05) is 7.05 Å². The number of likely N-dealkylation sites (N-methyl/N-ethyl adjacent to an activating group) is 1. The summed E-state index contributed by atoms with van der Waals surface area (Å²) >= 11 is 0. The number of para-hydroxylation sites is 1. The molecule has 0 atom stereocenters. The summed E-state index contributed by atoms with van der Waals surface area (Å²) in [5, 5.41) is 0. The first-order valence-electron chi connectivity index (χ1n) is 7.82. The Bertz CT molecular complexity index is 596. The molecule has 0 heterocycles. The Morgan fingerprint density at radius 2 is 1.61 bits per heavy atom. The van der Waals surface area contributed by atoms with E-state index in [1.54, 1.807) is 11.9 Å². The van der Waals surface area contributed by atoms with Gasteiger partial charge in [0.1, 0.15) is 18.1 Å². The monoisotopic (exact) mass is 313 g/mol. The third-order valence-corrected chi connectivity index (χ3v) is 3.45. The van der Waals surface area contributed by atoms with Crippen LogP contribution in [0.2, 0.25) is 0 Å². The Kier molecular flexibility index (Phi) is 6.48. The van der Waals surface area contributed by atoms with Crippen LogP contribution in [-0.4, -0.2) is 37.6 Å². The summed E-state index contributed by atoms with van der Waals surface area (Å²) in [4.78, 5) is 13.9. The maximum atomic E-state index is 12.2. The average Bonchev–Trinajstić information content (AvgIpc) is 2.57. The van der Waals surface area contributed by atoms with Gasteiger partial charge < -0.3 is 14.4 Å². The van der Waals surface area contributed by atoms with Crippen LogP contribution in [0, 0.1) is 0 Å². The fourth-order valence-corrected chi connectivity index (χ4v) is 2.12. The number of benzene rings is 2. The maximum Gasteiger partial charge on any atom is 0.226 e. The molecule has 0 bridgehead atoms. The van der Waals surface area contributed by atoms with Crippen molar-refractivity contribution in [2.24, 2.45) is 0 Å². The predicted molar refractivity (Wildman–Crippen MR) is 90.9 cm³/mol. The van der Waals surface area contributed by atoms with Gasteiger partial charge in [0.15, 0.2) is 0 Å². The standard InChI is InChI=1S/C19H23NO3/c1-3-22-18-11-9-16(10-12-18)15-19(21)20(2)13-14-23-17-7-5-4-6-8-17/h4-12H,3,13-15H2,1-2H3. The fourth-order valence-electron chi connectivity index (χ4n) is 2.12. The van der Waals surface area contributed by atoms with E-state index in [2.05, 4.69) is 0 Å². The van der Waals surface area contributed by atoms with Crippen LogP contribution in [0.4, 0.5) is 0 Å². The van der Waals surface area contributed by atoms with Gasteiger partial charge in [-0.15, -0.1) is 0 Å². The minimum absolute atomic E-state index is 0.0748. The Hall–Kier alpha value is -2.49. The lowest BCUT2D eigenvalue weighted by Crippen LogP contribution is -2.32. The summed E-state index contributed by atoms with van der Waals surface area (Å²) in [7, 11) is 1.80. The molecule has 0 aliphatic carbocycles. The molecule has 122 valence electrons. The molecule has 0 N–H and O–H groups in total. The molecule has 2 aromatic rings. The molecular formula is C19H23NO3. The average molecular weight is 313 g/mol. The summed E-state index contributed by atoms with van der Waals surface area (Å²) in [5.41, 5.74) is 0.981. The van der Waals surface area contributed by atoms with Crippen LogP contribution < -0.4 is 9.47 Å². The van der Waals surface area contributed by atoms with Gasteiger partial charge in [0.05, 0.1) is 19.6 Å². The Morgan fingerprint density at radius 3 is 2.26 bits per heavy atom. The van der Waals surface area contributed by atoms with Crippen LogP contribution in [-0.2, 0) is 11.2 Å². The predicted octanol–water partition coefficient (Wildman–Crippen LogP) is 3.17. The molecule has 0 spiro atoms. The summed E-state index contributed by atoms with van der Waals surface area (Å²) in [5.74, 6) is 1.72. The molecule has 0 radical (unpaired) electrons. The second kappa shape index (κ2) is 8.83. The van der Waals surface area contributed by atoms with E-state index in [-0.39, 0.29) is 5.91 Å². The van der Waals surface area contributed by atoms with Gasteiger partial charge in [-0.1, -0.05) is 30.3 Å². The van der Waals surface area contributed by atoms with Crippen molar-refractivity contribution in [2.75, 3.05) is 26.8 Å². The number of nitrogens with zero attached hydrogens (tertiary/aromatic N) is 1. The van der Waals surface area contributed by atoms with Crippen molar-refractivity contribution in [3.63, 3.8) is 0 Å². The van der Waals surface area contributed by atoms with Crippen molar-refractivity contribution in [2.45, 2.75) is 13.3 Å². The van der Waals surface area contributed by atoms with E-state index in [1.807, 2.05) is 61.5 Å². The van der Waals surface area contributed by atoms with E-state index in [4.69, 9.17) is 9.47 Å². The molecule has 2 aromatic carbocycles. The van der Waals surface area contributed by atoms with E-state index >= 15 is 0 Å². The van der Waals surface area contributed by atoms with Crippen molar-refractivity contribution in [1.82, 2.24) is 4.90 Å². The summed E-state index contributed by atoms with van der Waals surface area (Å²) in [6.45, 7) is 3.63. The Morgan fingerprint density at radius 1 is 0.957 bits per heavy atom. The zero-order chi connectivity index (χ0) is 16.5. The number of hydrogen-bond acceptors (Lipinski definition) is 3. The quantitative estimate of drug-likeness (QED) is 0.751. The minimum atomic E-state index is 0.0748. The SMILES string of the molecule is CCOc1ccc(CC(=O)N(C)CCOc2ccccc2)cc1. The van der Waals surface area contributed by atoms with Gasteiger partial charge in [-0.25, -0.2) is 0 Å². The third kappa shape index (κ3) is 5.66. The topological polar surface area (TPSA) is 38.8 Å². The minimum Gasteiger partial charge on any atom is -0.494 e. The lowest BCUT2D eigenvalue weighted by Gasteiger charge is -2.17. The molecule has 23 heavy (non-hydrogen) atoms. The molecule has 0 aliphatic heterocycles. The first-order chi connectivity index (χ1) is 11.2. The van der Waals surface area contributed by atoms with E-state index in [0.29, 0.717) is 26.2 Å². The normalized spacial score (nSPS) is 10.2. The van der Waals surface area contributed by atoms with Crippen molar-refractivity contribution in [3.05, 3.63) is 60.2 Å². The number of rotatable bonds is 8. The van der Waals surface area contributed by atoms with E-state index < -0.39 is 0 Å². The van der Waals surface area contributed by atoms with Gasteiger partial charge >= 0.3 is 0 Å². The lowest BCUT2D eigenvalue weighted by atomic mass is 10.1. The highest BCUT2D eigenvalue weighted by molar-refractivity contribution is 5.78. The second-order valence-electron chi connectivity index (χ2n) is 5.23. The zero-order valence-corrected chi connectivity index (χ0v) is 13.7. The maximum absolute atomic E-state index is 12.2. The van der Waals surface area contributed by atoms with Crippen LogP contribution in [0.5, 0.6) is 11.5 Å². The molecule has 0 saturated heterocycles. The Labute approximate surface area is 137 Å². The molecule has 0 aromatic heterocycles. The highest BCUT2D eigenvalue weighted by Gasteiger charge is 2.10. The second-order valence-corrected chi connectivity index (χ2v) is 5.23. The van der Waals surface area contributed by atoms with E-state index in [9.17, 15) is 4.79 Å². The van der Waals surface area contributed by atoms with Crippen LogP contribution >= 0.6 is 0 Å². The third-order valence-electron chi connectivity index (χ3n) is 3.45. The zero-order valence-electron chi connectivity index (χ0n) is 13.7. The Balaban J connectivity index is 1.75. The molecule has 1 amide bonds. The van der Waals surface area contributed by atoms with Crippen molar-refractivity contribution in [1.29, 1.82) is 0 Å². The number of hydrogen-bond donors (Lipinski definition) is 0. The largest absolute Gasteiger partial charge is 0.494 e. The molecule has 4 nitrogen and oxygen atoms in total. The van der Waals surface area contributed by atoms with Gasteiger partial charge in [-0.3, -0.25) is 4.79 Å². The smallest absolute Gasteiger partial charge is 0.226 e. The summed E-state index contributed by atoms with van der Waals surface area (Å²) in [6, 6.07) is 17.2. The number of carbonyl (C=O) groups is 1. The van der Waals surface area contributed by atoms with Gasteiger partial charge in [0.2, 0.25) is 5.91 Å². The van der Waals surface area contributed by atoms with Gasteiger partial charge in [-0.05, 0) is 36.8 Å². The first kappa shape index (κ1) is 16.9. The van der Waals surface area contributed by atoms with Crippen molar-refractivity contribution < 1.29 is 14.3 Å². The molecule has 4 heteroatoms. The van der Waals surface area contributed by atoms with Gasteiger partial charge in [0.25, 0.3) is 0 Å². The number of amides is 1. The van der Waals surface area contributed by atoms with Crippen molar-refractivity contribution in [3.8, 4) is 11.5 Å². The molecule has 0 unspecified atom stereocenters. The molecule has 2 rings (SSSR count). The molecular weight excluding hydrogens is 290 g/mol. The van der Waals surface area contributed by atoms with Crippen LogP contribution in [0.25, 0.3) is 0 Å². The highest BCUT2D eigenvalue weighted by Crippen LogP contribution is 2.13. The van der Waals surface area contributed by atoms with Crippen LogP contribution in [0.15, 0.2) is 54.6 Å². The highest BCUT2D eigenvalue weighted by atomic mass is 16.5. The van der Waals surface area contributed by atoms with E-state index in [0.717, 1.165) is 17.1 Å². The molecule has 0 saturated carbocycles.